The molecule has 0 saturated carbocycles. The predicted octanol–water partition coefficient (Wildman–Crippen LogP) is 2.23. The number of fused-ring (bicyclic) bond motifs is 1. The fourth-order valence-electron chi connectivity index (χ4n) is 2.42. The van der Waals surface area contributed by atoms with E-state index in [1.807, 2.05) is 0 Å². The van der Waals surface area contributed by atoms with Crippen molar-refractivity contribution in [3.8, 4) is 0 Å². The number of hydrogen-bond donors (Lipinski definition) is 1. The van der Waals surface area contributed by atoms with Gasteiger partial charge in [-0.15, -0.1) is 0 Å². The SMILES string of the molecule is O=C(O)c1ccc2c(c1)CN(S(=O)(=O)c1ccc(F)cc1)C2. The topological polar surface area (TPSA) is 74.7 Å². The molecule has 0 amide bonds. The lowest BCUT2D eigenvalue weighted by Gasteiger charge is -2.15. The third-order valence-corrected chi connectivity index (χ3v) is 5.40. The van der Waals surface area contributed by atoms with Crippen LogP contribution in [0.1, 0.15) is 21.5 Å². The monoisotopic (exact) mass is 321 g/mol. The number of carboxylic acid groups (broad SMARTS) is 1. The van der Waals surface area contributed by atoms with E-state index in [2.05, 4.69) is 0 Å². The van der Waals surface area contributed by atoms with Crippen molar-refractivity contribution in [2.24, 2.45) is 0 Å². The normalized spacial score (nSPS) is 14.8. The molecule has 0 radical (unpaired) electrons. The summed E-state index contributed by atoms with van der Waals surface area (Å²) in [4.78, 5) is 11.0. The first-order valence-corrected chi connectivity index (χ1v) is 7.93. The van der Waals surface area contributed by atoms with E-state index in [1.54, 1.807) is 6.07 Å². The van der Waals surface area contributed by atoms with Crippen molar-refractivity contribution in [3.63, 3.8) is 0 Å². The van der Waals surface area contributed by atoms with Crippen molar-refractivity contribution in [2.75, 3.05) is 0 Å². The van der Waals surface area contributed by atoms with Crippen LogP contribution in [-0.2, 0) is 23.1 Å². The summed E-state index contributed by atoms with van der Waals surface area (Å²) in [5.74, 6) is -1.56. The molecule has 1 aliphatic rings. The standard InChI is InChI=1S/C15H12FNO4S/c16-13-3-5-14(6-4-13)22(20,21)17-8-11-2-1-10(15(18)19)7-12(11)9-17/h1-7H,8-9H2,(H,18,19). The van der Waals surface area contributed by atoms with E-state index < -0.39 is 21.8 Å². The molecule has 2 aromatic rings. The van der Waals surface area contributed by atoms with Gasteiger partial charge < -0.3 is 5.11 Å². The van der Waals surface area contributed by atoms with Crippen molar-refractivity contribution in [1.29, 1.82) is 0 Å². The second-order valence-corrected chi connectivity index (χ2v) is 6.95. The highest BCUT2D eigenvalue weighted by Gasteiger charge is 2.31. The van der Waals surface area contributed by atoms with Crippen LogP contribution in [0.4, 0.5) is 4.39 Å². The molecule has 1 heterocycles. The van der Waals surface area contributed by atoms with Crippen LogP contribution in [-0.4, -0.2) is 23.8 Å². The highest BCUT2D eigenvalue weighted by Crippen LogP contribution is 2.29. The summed E-state index contributed by atoms with van der Waals surface area (Å²) in [5, 5.41) is 8.98. The summed E-state index contributed by atoms with van der Waals surface area (Å²) in [7, 11) is -3.74. The second-order valence-electron chi connectivity index (χ2n) is 5.02. The molecule has 0 fully saturated rings. The lowest BCUT2D eigenvalue weighted by atomic mass is 10.1. The quantitative estimate of drug-likeness (QED) is 0.941. The first-order valence-electron chi connectivity index (χ1n) is 6.49. The smallest absolute Gasteiger partial charge is 0.335 e. The zero-order valence-corrected chi connectivity index (χ0v) is 12.2. The Hall–Kier alpha value is -2.25. The number of sulfonamides is 1. The van der Waals surface area contributed by atoms with Gasteiger partial charge in [-0.25, -0.2) is 17.6 Å². The summed E-state index contributed by atoms with van der Waals surface area (Å²) in [6.45, 7) is 0.283. The first-order chi connectivity index (χ1) is 10.4. The summed E-state index contributed by atoms with van der Waals surface area (Å²) in [6.07, 6.45) is 0. The Morgan fingerprint density at radius 1 is 1.05 bits per heavy atom. The fourth-order valence-corrected chi connectivity index (χ4v) is 3.82. The van der Waals surface area contributed by atoms with E-state index in [0.29, 0.717) is 5.56 Å². The van der Waals surface area contributed by atoms with Crippen molar-refractivity contribution < 1.29 is 22.7 Å². The Labute approximate surface area is 126 Å². The van der Waals surface area contributed by atoms with Crippen LogP contribution in [0.5, 0.6) is 0 Å². The zero-order chi connectivity index (χ0) is 15.9. The van der Waals surface area contributed by atoms with Gasteiger partial charge in [0.05, 0.1) is 10.5 Å². The summed E-state index contributed by atoms with van der Waals surface area (Å²) in [5.41, 5.74) is 1.57. The van der Waals surface area contributed by atoms with Crippen molar-refractivity contribution in [1.82, 2.24) is 4.31 Å². The van der Waals surface area contributed by atoms with Crippen molar-refractivity contribution >= 4 is 16.0 Å². The molecule has 7 heteroatoms. The minimum absolute atomic E-state index is 0.0140. The average Bonchev–Trinajstić information content (AvgIpc) is 2.91. The maximum atomic E-state index is 12.9. The second kappa shape index (κ2) is 5.19. The molecule has 1 N–H and O–H groups in total. The number of halogens is 1. The third kappa shape index (κ3) is 2.49. The Morgan fingerprint density at radius 2 is 1.68 bits per heavy atom. The lowest BCUT2D eigenvalue weighted by molar-refractivity contribution is 0.0696. The maximum Gasteiger partial charge on any atom is 0.335 e. The molecule has 2 aromatic carbocycles. The van der Waals surface area contributed by atoms with E-state index in [1.165, 1.54) is 28.6 Å². The van der Waals surface area contributed by atoms with Gasteiger partial charge in [-0.3, -0.25) is 0 Å². The molecule has 3 rings (SSSR count). The highest BCUT2D eigenvalue weighted by atomic mass is 32.2. The van der Waals surface area contributed by atoms with E-state index in [9.17, 15) is 17.6 Å². The van der Waals surface area contributed by atoms with Gasteiger partial charge in [0.25, 0.3) is 0 Å². The van der Waals surface area contributed by atoms with Gasteiger partial charge in [0, 0.05) is 13.1 Å². The number of nitrogens with zero attached hydrogens (tertiary/aromatic N) is 1. The van der Waals surface area contributed by atoms with Gasteiger partial charge in [0.2, 0.25) is 10.0 Å². The van der Waals surface area contributed by atoms with Gasteiger partial charge >= 0.3 is 5.97 Å². The average molecular weight is 321 g/mol. The van der Waals surface area contributed by atoms with Gasteiger partial charge in [0.1, 0.15) is 5.82 Å². The number of benzene rings is 2. The molecule has 0 unspecified atom stereocenters. The molecular formula is C15H12FNO4S. The minimum atomic E-state index is -3.74. The van der Waals surface area contributed by atoms with Gasteiger partial charge in [-0.05, 0) is 47.5 Å². The van der Waals surface area contributed by atoms with Crippen LogP contribution in [0.2, 0.25) is 0 Å². The zero-order valence-electron chi connectivity index (χ0n) is 11.4. The van der Waals surface area contributed by atoms with Gasteiger partial charge in [-0.2, -0.15) is 4.31 Å². The van der Waals surface area contributed by atoms with Crippen molar-refractivity contribution in [3.05, 3.63) is 65.0 Å². The van der Waals surface area contributed by atoms with Gasteiger partial charge in [-0.1, -0.05) is 6.07 Å². The van der Waals surface area contributed by atoms with Crippen LogP contribution < -0.4 is 0 Å². The molecule has 0 aliphatic carbocycles. The van der Waals surface area contributed by atoms with Crippen LogP contribution in [0, 0.1) is 5.82 Å². The summed E-state index contributed by atoms with van der Waals surface area (Å²) < 4.78 is 39.2. The highest BCUT2D eigenvalue weighted by molar-refractivity contribution is 7.89. The Balaban J connectivity index is 1.92. The molecule has 0 bridgehead atoms. The molecular weight excluding hydrogens is 309 g/mol. The van der Waals surface area contributed by atoms with E-state index >= 15 is 0 Å². The molecule has 0 aromatic heterocycles. The number of carboxylic acids is 1. The molecule has 1 aliphatic heterocycles. The molecule has 0 atom stereocenters. The number of carbonyl (C=O) groups is 1. The molecule has 114 valence electrons. The van der Waals surface area contributed by atoms with Crippen LogP contribution in [0.3, 0.4) is 0 Å². The molecule has 22 heavy (non-hydrogen) atoms. The molecule has 0 spiro atoms. The van der Waals surface area contributed by atoms with Crippen LogP contribution in [0.25, 0.3) is 0 Å². The third-order valence-electron chi connectivity index (χ3n) is 3.60. The predicted molar refractivity (Wildman–Crippen MR) is 76.2 cm³/mol. The lowest BCUT2D eigenvalue weighted by Crippen LogP contribution is -2.25. The number of hydrogen-bond acceptors (Lipinski definition) is 3. The maximum absolute atomic E-state index is 12.9. The van der Waals surface area contributed by atoms with Crippen molar-refractivity contribution in [2.45, 2.75) is 18.0 Å². The fraction of sp³-hybridized carbons (Fsp3) is 0.133. The van der Waals surface area contributed by atoms with Crippen LogP contribution >= 0.6 is 0 Å². The first kappa shape index (κ1) is 14.7. The summed E-state index contributed by atoms with van der Waals surface area (Å²) >= 11 is 0. The Morgan fingerprint density at radius 3 is 2.32 bits per heavy atom. The number of rotatable bonds is 3. The molecule has 5 nitrogen and oxygen atoms in total. The molecule has 0 saturated heterocycles. The summed E-state index contributed by atoms with van der Waals surface area (Å²) in [6, 6.07) is 9.19. The van der Waals surface area contributed by atoms with E-state index in [4.69, 9.17) is 5.11 Å². The Bertz CT molecular complexity index is 846. The van der Waals surface area contributed by atoms with Crippen LogP contribution in [0.15, 0.2) is 47.4 Å². The largest absolute Gasteiger partial charge is 0.478 e. The van der Waals surface area contributed by atoms with E-state index in [0.717, 1.165) is 17.7 Å². The van der Waals surface area contributed by atoms with E-state index in [-0.39, 0.29) is 23.5 Å². The number of aromatic carboxylic acids is 1. The minimum Gasteiger partial charge on any atom is -0.478 e. The Kier molecular flexibility index (Phi) is 3.46. The van der Waals surface area contributed by atoms with Gasteiger partial charge in [0.15, 0.2) is 0 Å².